The predicted octanol–water partition coefficient (Wildman–Crippen LogP) is 4.18. The minimum Gasteiger partial charge on any atom is -0.497 e. The lowest BCUT2D eigenvalue weighted by Gasteiger charge is -2.20. The van der Waals surface area contributed by atoms with Crippen LogP contribution in [0.5, 0.6) is 5.75 Å². The molecule has 0 aliphatic carbocycles. The van der Waals surface area contributed by atoms with E-state index in [9.17, 15) is 4.79 Å². The van der Waals surface area contributed by atoms with Crippen LogP contribution in [0.4, 0.5) is 0 Å². The van der Waals surface area contributed by atoms with Gasteiger partial charge in [-0.1, -0.05) is 23.7 Å². The molecule has 1 aliphatic rings. The van der Waals surface area contributed by atoms with Crippen molar-refractivity contribution in [3.63, 3.8) is 0 Å². The monoisotopic (exact) mass is 379 g/mol. The lowest BCUT2D eigenvalue weighted by Crippen LogP contribution is -2.24. The van der Waals surface area contributed by atoms with Crippen LogP contribution in [0.3, 0.4) is 0 Å². The lowest BCUT2D eigenvalue weighted by atomic mass is 10.0. The summed E-state index contributed by atoms with van der Waals surface area (Å²) in [4.78, 5) is 23.4. The van der Waals surface area contributed by atoms with Crippen molar-refractivity contribution in [3.8, 4) is 17.1 Å². The van der Waals surface area contributed by atoms with E-state index >= 15 is 0 Å². The highest BCUT2D eigenvalue weighted by molar-refractivity contribution is 6.30. The highest BCUT2D eigenvalue weighted by Crippen LogP contribution is 2.34. The quantitative estimate of drug-likeness (QED) is 0.682. The lowest BCUT2D eigenvalue weighted by molar-refractivity contribution is 0.0773. The molecule has 0 spiro atoms. The first-order chi connectivity index (χ1) is 13.1. The first-order valence-electron chi connectivity index (χ1n) is 8.60. The van der Waals surface area contributed by atoms with Gasteiger partial charge in [0.25, 0.3) is 5.91 Å². The Morgan fingerprint density at radius 2 is 1.81 bits per heavy atom. The summed E-state index contributed by atoms with van der Waals surface area (Å²) in [6.45, 7) is 0. The maximum Gasteiger partial charge on any atom is 0.257 e. The van der Waals surface area contributed by atoms with Gasteiger partial charge in [0, 0.05) is 23.8 Å². The Bertz CT molecular complexity index is 987. The van der Waals surface area contributed by atoms with Crippen LogP contribution in [0.2, 0.25) is 5.02 Å². The number of benzene rings is 2. The van der Waals surface area contributed by atoms with Crippen molar-refractivity contribution in [1.29, 1.82) is 0 Å². The van der Waals surface area contributed by atoms with Gasteiger partial charge in [0.1, 0.15) is 5.75 Å². The van der Waals surface area contributed by atoms with Gasteiger partial charge >= 0.3 is 0 Å². The van der Waals surface area contributed by atoms with Crippen LogP contribution in [0, 0.1) is 0 Å². The number of amides is 1. The normalized spacial score (nSPS) is 15.7. The number of carbonyl (C=O) groups is 1. The Morgan fingerprint density at radius 1 is 1.11 bits per heavy atom. The molecule has 0 radical (unpaired) electrons. The van der Waals surface area contributed by atoms with Crippen molar-refractivity contribution in [2.45, 2.75) is 12.5 Å². The van der Waals surface area contributed by atoms with E-state index in [0.717, 1.165) is 22.6 Å². The van der Waals surface area contributed by atoms with E-state index in [4.69, 9.17) is 21.3 Å². The SMILES string of the molecule is COc1ccc(CC2c3nc(-c4ccc(Cl)cc4)ncc3C(=O)N2C)cc1. The fourth-order valence-electron chi connectivity index (χ4n) is 3.29. The van der Waals surface area contributed by atoms with Gasteiger partial charge in [0.2, 0.25) is 0 Å². The molecule has 5 nitrogen and oxygen atoms in total. The second kappa shape index (κ2) is 7.00. The number of ether oxygens (including phenoxy) is 1. The van der Waals surface area contributed by atoms with Gasteiger partial charge in [-0.2, -0.15) is 0 Å². The summed E-state index contributed by atoms with van der Waals surface area (Å²) < 4.78 is 5.21. The standard InChI is InChI=1S/C21H18ClN3O2/c1-25-18(11-13-3-9-16(27-2)10-4-13)19-17(21(25)26)12-23-20(24-19)14-5-7-15(22)8-6-14/h3-10,12,18H,11H2,1-2H3. The maximum atomic E-state index is 12.6. The van der Waals surface area contributed by atoms with Crippen LogP contribution >= 0.6 is 11.6 Å². The van der Waals surface area contributed by atoms with Gasteiger partial charge in [-0.3, -0.25) is 4.79 Å². The van der Waals surface area contributed by atoms with Crippen LogP contribution in [0.25, 0.3) is 11.4 Å². The zero-order valence-corrected chi connectivity index (χ0v) is 15.8. The predicted molar refractivity (Wildman–Crippen MR) is 104 cm³/mol. The van der Waals surface area contributed by atoms with E-state index < -0.39 is 0 Å². The summed E-state index contributed by atoms with van der Waals surface area (Å²) >= 11 is 5.97. The average Bonchev–Trinajstić information content (AvgIpc) is 2.93. The molecule has 4 rings (SSSR count). The summed E-state index contributed by atoms with van der Waals surface area (Å²) in [6, 6.07) is 15.1. The Hall–Kier alpha value is -2.92. The molecule has 1 aliphatic heterocycles. The molecule has 3 aromatic rings. The average molecular weight is 380 g/mol. The molecule has 1 aromatic heterocycles. The number of carbonyl (C=O) groups excluding carboxylic acids is 1. The zero-order valence-electron chi connectivity index (χ0n) is 15.0. The molecule has 136 valence electrons. The molecular weight excluding hydrogens is 362 g/mol. The number of hydrogen-bond donors (Lipinski definition) is 0. The van der Waals surface area contributed by atoms with E-state index in [1.165, 1.54) is 0 Å². The van der Waals surface area contributed by atoms with Crippen molar-refractivity contribution in [2.75, 3.05) is 14.2 Å². The minimum atomic E-state index is -0.130. The Kier molecular flexibility index (Phi) is 4.54. The van der Waals surface area contributed by atoms with Crippen LogP contribution in [0.15, 0.2) is 54.7 Å². The van der Waals surface area contributed by atoms with Gasteiger partial charge < -0.3 is 9.64 Å². The summed E-state index contributed by atoms with van der Waals surface area (Å²) in [7, 11) is 3.45. The number of halogens is 1. The molecule has 0 N–H and O–H groups in total. The first kappa shape index (κ1) is 17.5. The smallest absolute Gasteiger partial charge is 0.257 e. The van der Waals surface area contributed by atoms with Crippen molar-refractivity contribution in [1.82, 2.24) is 14.9 Å². The third kappa shape index (κ3) is 3.26. The molecule has 2 heterocycles. The van der Waals surface area contributed by atoms with Gasteiger partial charge in [-0.15, -0.1) is 0 Å². The second-order valence-corrected chi connectivity index (χ2v) is 6.92. The van der Waals surface area contributed by atoms with E-state index in [2.05, 4.69) is 4.98 Å². The molecule has 1 amide bonds. The fourth-order valence-corrected chi connectivity index (χ4v) is 3.41. The van der Waals surface area contributed by atoms with Crippen LogP contribution in [-0.4, -0.2) is 34.9 Å². The van der Waals surface area contributed by atoms with E-state index in [1.807, 2.05) is 36.4 Å². The largest absolute Gasteiger partial charge is 0.497 e. The molecule has 0 fully saturated rings. The second-order valence-electron chi connectivity index (χ2n) is 6.48. The van der Waals surface area contributed by atoms with Crippen molar-refractivity contribution in [3.05, 3.63) is 76.6 Å². The Morgan fingerprint density at radius 3 is 2.48 bits per heavy atom. The minimum absolute atomic E-state index is 0.0498. The molecule has 2 aromatic carbocycles. The van der Waals surface area contributed by atoms with Crippen molar-refractivity contribution < 1.29 is 9.53 Å². The number of methoxy groups -OCH3 is 1. The van der Waals surface area contributed by atoms with Crippen LogP contribution in [-0.2, 0) is 6.42 Å². The van der Waals surface area contributed by atoms with Crippen LogP contribution < -0.4 is 4.74 Å². The maximum absolute atomic E-state index is 12.6. The summed E-state index contributed by atoms with van der Waals surface area (Å²) in [6.07, 6.45) is 2.30. The molecular formula is C21H18ClN3O2. The number of likely N-dealkylation sites (N-methyl/N-ethyl adjacent to an activating group) is 1. The summed E-state index contributed by atoms with van der Waals surface area (Å²) in [5.74, 6) is 1.35. The number of fused-ring (bicyclic) bond motifs is 1. The molecule has 27 heavy (non-hydrogen) atoms. The van der Waals surface area contributed by atoms with Gasteiger partial charge in [-0.05, 0) is 48.4 Å². The van der Waals surface area contributed by atoms with E-state index in [0.29, 0.717) is 22.8 Å². The van der Waals surface area contributed by atoms with Gasteiger partial charge in [-0.25, -0.2) is 9.97 Å². The van der Waals surface area contributed by atoms with E-state index in [1.54, 1.807) is 37.4 Å². The summed E-state index contributed by atoms with van der Waals surface area (Å²) in [5, 5.41) is 0.659. The first-order valence-corrected chi connectivity index (χ1v) is 8.97. The number of hydrogen-bond acceptors (Lipinski definition) is 4. The van der Waals surface area contributed by atoms with Gasteiger partial charge in [0.15, 0.2) is 5.82 Å². The topological polar surface area (TPSA) is 55.3 Å². The number of aromatic nitrogens is 2. The van der Waals surface area contributed by atoms with Crippen molar-refractivity contribution >= 4 is 17.5 Å². The third-order valence-corrected chi connectivity index (χ3v) is 5.09. The molecule has 1 atom stereocenters. The number of nitrogens with zero attached hydrogens (tertiary/aromatic N) is 3. The number of rotatable bonds is 4. The molecule has 0 saturated carbocycles. The fraction of sp³-hybridized carbons (Fsp3) is 0.190. The zero-order chi connectivity index (χ0) is 19.0. The van der Waals surface area contributed by atoms with Crippen molar-refractivity contribution in [2.24, 2.45) is 0 Å². The molecule has 6 heteroatoms. The van der Waals surface area contributed by atoms with Crippen LogP contribution in [0.1, 0.15) is 27.7 Å². The Balaban J connectivity index is 1.69. The highest BCUT2D eigenvalue weighted by atomic mass is 35.5. The summed E-state index contributed by atoms with van der Waals surface area (Å²) in [5.41, 5.74) is 3.30. The third-order valence-electron chi connectivity index (χ3n) is 4.84. The molecule has 1 unspecified atom stereocenters. The van der Waals surface area contributed by atoms with Gasteiger partial charge in [0.05, 0.1) is 24.4 Å². The Labute approximate surface area is 162 Å². The van der Waals surface area contributed by atoms with E-state index in [-0.39, 0.29) is 11.9 Å². The molecule has 0 saturated heterocycles. The molecule has 0 bridgehead atoms. The highest BCUT2D eigenvalue weighted by Gasteiger charge is 2.36.